The maximum Gasteiger partial charge on any atom is 0.286 e. The molecule has 0 atom stereocenters. The van der Waals surface area contributed by atoms with Gasteiger partial charge in [0.15, 0.2) is 5.69 Å². The second-order valence-corrected chi connectivity index (χ2v) is 7.96. The summed E-state index contributed by atoms with van der Waals surface area (Å²) in [6.07, 6.45) is 0. The molecule has 6 nitrogen and oxygen atoms in total. The lowest BCUT2D eigenvalue weighted by Crippen LogP contribution is -2.30. The Kier molecular flexibility index (Phi) is 7.65. The van der Waals surface area contributed by atoms with Crippen molar-refractivity contribution >= 4 is 53.1 Å². The van der Waals surface area contributed by atoms with E-state index in [0.717, 1.165) is 0 Å². The molecule has 0 aliphatic rings. The summed E-state index contributed by atoms with van der Waals surface area (Å²) in [4.78, 5) is 17.3. The van der Waals surface area contributed by atoms with Gasteiger partial charge in [0.25, 0.3) is 5.91 Å². The third kappa shape index (κ3) is 4.69. The molecular weight excluding hydrogens is 504 g/mol. The van der Waals surface area contributed by atoms with E-state index in [1.165, 1.54) is 6.07 Å². The predicted octanol–water partition coefficient (Wildman–Crippen LogP) is 6.06. The van der Waals surface area contributed by atoms with Crippen molar-refractivity contribution in [3.8, 4) is 34.4 Å². The largest absolute Gasteiger partial charge is 0.291 e. The molecule has 4 aromatic rings. The van der Waals surface area contributed by atoms with Gasteiger partial charge in [0, 0.05) is 21.8 Å². The molecule has 3 N–H and O–H groups in total. The zero-order chi connectivity index (χ0) is 22.8. The number of nitriles is 1. The molecule has 0 radical (unpaired) electrons. The summed E-state index contributed by atoms with van der Waals surface area (Å²) in [6, 6.07) is 21.0. The molecule has 1 amide bonds. The number of hydrogen-bond acceptors (Lipinski definition) is 4. The fourth-order valence-electron chi connectivity index (χ4n) is 3.34. The monoisotopic (exact) mass is 517 g/mol. The second-order valence-electron chi connectivity index (χ2n) is 6.70. The minimum atomic E-state index is -0.610. The molecule has 33 heavy (non-hydrogen) atoms. The van der Waals surface area contributed by atoms with Crippen LogP contribution >= 0.6 is 47.2 Å². The minimum absolute atomic E-state index is 0. The number of carbonyl (C=O) groups excluding carboxylic acids is 1. The number of rotatable bonds is 4. The number of amides is 1. The van der Waals surface area contributed by atoms with Crippen molar-refractivity contribution in [2.45, 2.75) is 0 Å². The van der Waals surface area contributed by atoms with Gasteiger partial charge >= 0.3 is 0 Å². The normalized spacial score (nSPS) is 10.3. The van der Waals surface area contributed by atoms with Crippen LogP contribution in [0.4, 0.5) is 0 Å². The summed E-state index contributed by atoms with van der Waals surface area (Å²) in [6.45, 7) is 0. The number of nitrogens with one attached hydrogen (secondary N) is 1. The van der Waals surface area contributed by atoms with E-state index >= 15 is 0 Å². The quantitative estimate of drug-likeness (QED) is 0.195. The summed E-state index contributed by atoms with van der Waals surface area (Å²) < 4.78 is 1.76. The first-order chi connectivity index (χ1) is 15.4. The number of hydrazine groups is 1. The lowest BCUT2D eigenvalue weighted by atomic mass is 10.1. The molecule has 1 heterocycles. The number of halogens is 4. The van der Waals surface area contributed by atoms with Gasteiger partial charge in [-0.05, 0) is 54.6 Å². The standard InChI is InChI=1S/C23H14Cl3N5O.ClH/c24-14-6-8-15(9-7-14)31-21(16-10-5-13(12-27)11-19(16)26)20(23(32)30-28)29-22(31)17-3-1-2-4-18(17)25;/h1-11H,28H2,(H,30,32);1H. The van der Waals surface area contributed by atoms with Gasteiger partial charge in [0.2, 0.25) is 0 Å². The summed E-state index contributed by atoms with van der Waals surface area (Å²) in [5, 5.41) is 10.5. The van der Waals surface area contributed by atoms with E-state index in [9.17, 15) is 10.1 Å². The first kappa shape index (κ1) is 24.6. The van der Waals surface area contributed by atoms with Crippen LogP contribution in [0.15, 0.2) is 66.7 Å². The van der Waals surface area contributed by atoms with Crippen LogP contribution in [0.1, 0.15) is 16.1 Å². The Labute approximate surface area is 210 Å². The summed E-state index contributed by atoms with van der Waals surface area (Å²) in [7, 11) is 0. The maximum absolute atomic E-state index is 12.7. The number of nitrogens with zero attached hydrogens (tertiary/aromatic N) is 3. The van der Waals surface area contributed by atoms with E-state index in [2.05, 4.69) is 10.4 Å². The number of benzene rings is 3. The fourth-order valence-corrected chi connectivity index (χ4v) is 3.95. The Bertz CT molecular complexity index is 1380. The molecule has 0 unspecified atom stereocenters. The van der Waals surface area contributed by atoms with Crippen LogP contribution < -0.4 is 11.3 Å². The van der Waals surface area contributed by atoms with Crippen LogP contribution in [0.2, 0.25) is 15.1 Å². The van der Waals surface area contributed by atoms with Gasteiger partial charge < -0.3 is 0 Å². The number of carbonyl (C=O) groups is 1. The zero-order valence-electron chi connectivity index (χ0n) is 16.7. The smallest absolute Gasteiger partial charge is 0.286 e. The highest BCUT2D eigenvalue weighted by atomic mass is 35.5. The first-order valence-electron chi connectivity index (χ1n) is 9.29. The maximum atomic E-state index is 12.7. The Balaban J connectivity index is 0.00000306. The van der Waals surface area contributed by atoms with Gasteiger partial charge in [0.1, 0.15) is 5.82 Å². The van der Waals surface area contributed by atoms with Gasteiger partial charge in [-0.2, -0.15) is 5.26 Å². The topological polar surface area (TPSA) is 96.7 Å². The molecule has 166 valence electrons. The molecule has 0 saturated heterocycles. The van der Waals surface area contributed by atoms with Gasteiger partial charge in [-0.15, -0.1) is 12.4 Å². The number of nitrogens with two attached hydrogens (primary N) is 1. The van der Waals surface area contributed by atoms with E-state index in [1.54, 1.807) is 59.2 Å². The van der Waals surface area contributed by atoms with E-state index in [-0.39, 0.29) is 23.1 Å². The Morgan fingerprint density at radius 2 is 1.67 bits per heavy atom. The first-order valence-corrected chi connectivity index (χ1v) is 10.4. The van der Waals surface area contributed by atoms with E-state index < -0.39 is 5.91 Å². The van der Waals surface area contributed by atoms with E-state index in [0.29, 0.717) is 43.9 Å². The predicted molar refractivity (Wildman–Crippen MR) is 133 cm³/mol. The highest BCUT2D eigenvalue weighted by Crippen LogP contribution is 2.39. The minimum Gasteiger partial charge on any atom is -0.291 e. The second kappa shape index (κ2) is 10.3. The number of nitrogen functional groups attached to an aromatic ring is 1. The molecule has 10 heteroatoms. The molecule has 1 aromatic heterocycles. The number of hydrogen-bond donors (Lipinski definition) is 2. The average molecular weight is 519 g/mol. The lowest BCUT2D eigenvalue weighted by Gasteiger charge is -2.15. The Morgan fingerprint density at radius 1 is 0.970 bits per heavy atom. The highest BCUT2D eigenvalue weighted by molar-refractivity contribution is 6.34. The van der Waals surface area contributed by atoms with Crippen molar-refractivity contribution in [2.75, 3.05) is 0 Å². The molecule has 0 fully saturated rings. The number of aromatic nitrogens is 2. The SMILES string of the molecule is Cl.N#Cc1ccc(-c2c(C(=O)NN)nc(-c3ccccc3Cl)n2-c2ccc(Cl)cc2)c(Cl)c1. The average Bonchev–Trinajstić information content (AvgIpc) is 3.19. The summed E-state index contributed by atoms with van der Waals surface area (Å²) in [5.74, 6) is 5.25. The third-order valence-electron chi connectivity index (χ3n) is 4.78. The van der Waals surface area contributed by atoms with Crippen LogP contribution in [0.3, 0.4) is 0 Å². The van der Waals surface area contributed by atoms with Crippen LogP contribution in [0, 0.1) is 11.3 Å². The Hall–Kier alpha value is -3.05. The Morgan fingerprint density at radius 3 is 2.27 bits per heavy atom. The van der Waals surface area contributed by atoms with Gasteiger partial charge in [0.05, 0.1) is 27.4 Å². The molecule has 0 spiro atoms. The van der Waals surface area contributed by atoms with E-state index in [1.807, 2.05) is 12.1 Å². The van der Waals surface area contributed by atoms with Crippen molar-refractivity contribution in [1.82, 2.24) is 15.0 Å². The van der Waals surface area contributed by atoms with Crippen molar-refractivity contribution in [3.05, 3.63) is 93.1 Å². The molecule has 0 bridgehead atoms. The van der Waals surface area contributed by atoms with Gasteiger partial charge in [-0.3, -0.25) is 14.8 Å². The molecule has 4 rings (SSSR count). The van der Waals surface area contributed by atoms with Gasteiger partial charge in [-0.25, -0.2) is 10.8 Å². The highest BCUT2D eigenvalue weighted by Gasteiger charge is 2.27. The van der Waals surface area contributed by atoms with Gasteiger partial charge in [-0.1, -0.05) is 46.9 Å². The summed E-state index contributed by atoms with van der Waals surface area (Å²) >= 11 is 19.1. The fraction of sp³-hybridized carbons (Fsp3) is 0. The summed E-state index contributed by atoms with van der Waals surface area (Å²) in [5.41, 5.74) is 4.72. The molecular formula is C23H15Cl4N5O. The third-order valence-corrected chi connectivity index (χ3v) is 5.67. The van der Waals surface area contributed by atoms with Crippen LogP contribution in [0.25, 0.3) is 28.3 Å². The van der Waals surface area contributed by atoms with E-state index in [4.69, 9.17) is 40.6 Å². The zero-order valence-corrected chi connectivity index (χ0v) is 19.8. The van der Waals surface area contributed by atoms with Crippen molar-refractivity contribution < 1.29 is 4.79 Å². The molecule has 0 aliphatic carbocycles. The van der Waals surface area contributed by atoms with Crippen LogP contribution in [0.5, 0.6) is 0 Å². The van der Waals surface area contributed by atoms with Crippen molar-refractivity contribution in [3.63, 3.8) is 0 Å². The van der Waals surface area contributed by atoms with Crippen molar-refractivity contribution in [1.29, 1.82) is 5.26 Å². The molecule has 0 aliphatic heterocycles. The van der Waals surface area contributed by atoms with Crippen LogP contribution in [-0.2, 0) is 0 Å². The molecule has 3 aromatic carbocycles. The van der Waals surface area contributed by atoms with Crippen LogP contribution in [-0.4, -0.2) is 15.5 Å². The lowest BCUT2D eigenvalue weighted by molar-refractivity contribution is 0.0950. The molecule has 0 saturated carbocycles. The van der Waals surface area contributed by atoms with Crippen molar-refractivity contribution in [2.24, 2.45) is 5.84 Å². The number of imidazole rings is 1.